The molecule has 0 unspecified atom stereocenters. The van der Waals surface area contributed by atoms with Crippen molar-refractivity contribution in [3.63, 3.8) is 0 Å². The first-order valence-electron chi connectivity index (χ1n) is 9.70. The zero-order valence-corrected chi connectivity index (χ0v) is 19.3. The van der Waals surface area contributed by atoms with Gasteiger partial charge in [-0.15, -0.1) is 0 Å². The first kappa shape index (κ1) is 24.0. The molecular weight excluding hydrogens is 430 g/mol. The minimum atomic E-state index is -1.39. The number of ether oxygens (including phenoxy) is 1. The van der Waals surface area contributed by atoms with Crippen molar-refractivity contribution in [1.29, 1.82) is 0 Å². The summed E-state index contributed by atoms with van der Waals surface area (Å²) in [4.78, 5) is 15.3. The normalized spacial score (nSPS) is 13.1. The van der Waals surface area contributed by atoms with Gasteiger partial charge in [0.05, 0.1) is 22.9 Å². The van der Waals surface area contributed by atoms with Gasteiger partial charge in [0.25, 0.3) is 0 Å². The Labute approximate surface area is 205 Å². The van der Waals surface area contributed by atoms with Gasteiger partial charge in [0, 0.05) is 5.56 Å². The summed E-state index contributed by atoms with van der Waals surface area (Å²) in [5, 5.41) is 11.2. The average Bonchev–Trinajstić information content (AvgIpc) is 3.24. The second-order valence-corrected chi connectivity index (χ2v) is 7.14. The number of halogens is 3. The molecule has 1 aliphatic carbocycles. The minimum absolute atomic E-state index is 0. The third-order valence-electron chi connectivity index (χ3n) is 5.19. The van der Waals surface area contributed by atoms with Crippen molar-refractivity contribution in [2.45, 2.75) is 25.9 Å². The van der Waals surface area contributed by atoms with Crippen LogP contribution in [-0.4, -0.2) is 11.0 Å². The molecule has 0 radical (unpaired) electrons. The Balaban J connectivity index is 0.00000289. The molecule has 0 spiro atoms. The average molecular weight is 447 g/mol. The van der Waals surface area contributed by atoms with Gasteiger partial charge >= 0.3 is 29.6 Å². The van der Waals surface area contributed by atoms with Crippen molar-refractivity contribution in [3.05, 3.63) is 94.6 Å². The fourth-order valence-electron chi connectivity index (χ4n) is 3.72. The Morgan fingerprint density at radius 3 is 2.38 bits per heavy atom. The molecular formula is C24H17F3NNaO3. The Morgan fingerprint density at radius 1 is 0.969 bits per heavy atom. The molecule has 0 saturated carbocycles. The summed E-state index contributed by atoms with van der Waals surface area (Å²) < 4.78 is 47.7. The first-order chi connectivity index (χ1) is 14.9. The Hall–Kier alpha value is -2.61. The molecule has 1 aliphatic rings. The number of aromatic nitrogens is 1. The van der Waals surface area contributed by atoms with Crippen LogP contribution in [0.25, 0.3) is 11.1 Å². The number of aromatic carboxylic acids is 1. The van der Waals surface area contributed by atoms with Crippen molar-refractivity contribution >= 4 is 17.1 Å². The molecule has 0 aliphatic heterocycles. The summed E-state index contributed by atoms with van der Waals surface area (Å²) >= 11 is 0. The SMILES string of the molecule is O=C([O-])c1cccc(C2=C(c3cc(F)ccc3OCc3c(F)cccc3F)CCC2)n1.[Na+]. The minimum Gasteiger partial charge on any atom is -0.543 e. The molecule has 1 aromatic heterocycles. The quantitative estimate of drug-likeness (QED) is 0.538. The maximum atomic E-state index is 14.1. The monoisotopic (exact) mass is 447 g/mol. The number of benzene rings is 2. The molecule has 158 valence electrons. The number of hydrogen-bond acceptors (Lipinski definition) is 4. The van der Waals surface area contributed by atoms with E-state index in [1.54, 1.807) is 12.1 Å². The maximum absolute atomic E-state index is 14.1. The van der Waals surface area contributed by atoms with Gasteiger partial charge in [-0.1, -0.05) is 12.1 Å². The number of allylic oxidation sites excluding steroid dienone is 2. The van der Waals surface area contributed by atoms with Gasteiger partial charge in [-0.2, -0.15) is 0 Å². The van der Waals surface area contributed by atoms with Crippen molar-refractivity contribution in [3.8, 4) is 5.75 Å². The van der Waals surface area contributed by atoms with Crippen molar-refractivity contribution in [2.24, 2.45) is 0 Å². The molecule has 0 amide bonds. The molecule has 0 fully saturated rings. The number of carbonyl (C=O) groups excluding carboxylic acids is 1. The number of rotatable bonds is 6. The van der Waals surface area contributed by atoms with Crippen LogP contribution in [0.3, 0.4) is 0 Å². The molecule has 1 heterocycles. The van der Waals surface area contributed by atoms with Gasteiger partial charge in [-0.25, -0.2) is 18.2 Å². The van der Waals surface area contributed by atoms with Gasteiger partial charge in [0.15, 0.2) is 0 Å². The van der Waals surface area contributed by atoms with E-state index in [1.807, 2.05) is 0 Å². The third-order valence-corrected chi connectivity index (χ3v) is 5.19. The van der Waals surface area contributed by atoms with E-state index in [-0.39, 0.29) is 53.2 Å². The van der Waals surface area contributed by atoms with Crippen LogP contribution < -0.4 is 39.4 Å². The molecule has 0 atom stereocenters. The Morgan fingerprint density at radius 2 is 1.66 bits per heavy atom. The van der Waals surface area contributed by atoms with Crippen LogP contribution in [0.1, 0.15) is 46.6 Å². The zero-order valence-electron chi connectivity index (χ0n) is 17.3. The number of nitrogens with zero attached hydrogens (tertiary/aromatic N) is 1. The first-order valence-corrected chi connectivity index (χ1v) is 9.70. The van der Waals surface area contributed by atoms with E-state index in [1.165, 1.54) is 30.3 Å². The predicted octanol–water partition coefficient (Wildman–Crippen LogP) is 1.54. The second-order valence-electron chi connectivity index (χ2n) is 7.14. The van der Waals surface area contributed by atoms with E-state index >= 15 is 0 Å². The van der Waals surface area contributed by atoms with Crippen molar-refractivity contribution < 1.29 is 57.4 Å². The Bertz CT molecular complexity index is 1180. The second kappa shape index (κ2) is 10.3. The van der Waals surface area contributed by atoms with E-state index in [4.69, 9.17) is 4.74 Å². The third kappa shape index (κ3) is 5.06. The van der Waals surface area contributed by atoms with Gasteiger partial charge in [0.1, 0.15) is 29.8 Å². The molecule has 3 aromatic rings. The summed E-state index contributed by atoms with van der Waals surface area (Å²) in [5.74, 6) is -3.06. The molecule has 2 aromatic carbocycles. The van der Waals surface area contributed by atoms with Crippen LogP contribution in [0.5, 0.6) is 5.75 Å². The number of hydrogen-bond donors (Lipinski definition) is 0. The zero-order chi connectivity index (χ0) is 22.0. The van der Waals surface area contributed by atoms with Crippen LogP contribution in [0.15, 0.2) is 54.6 Å². The van der Waals surface area contributed by atoms with Crippen LogP contribution in [0.2, 0.25) is 0 Å². The van der Waals surface area contributed by atoms with Crippen LogP contribution in [-0.2, 0) is 6.61 Å². The number of pyridine rings is 1. The number of carboxylic acid groups (broad SMARTS) is 1. The smallest absolute Gasteiger partial charge is 0.543 e. The summed E-state index contributed by atoms with van der Waals surface area (Å²) in [5.41, 5.74) is 2.03. The van der Waals surface area contributed by atoms with Gasteiger partial charge in [0.2, 0.25) is 0 Å². The molecule has 0 bridgehead atoms. The van der Waals surface area contributed by atoms with Crippen LogP contribution in [0, 0.1) is 17.5 Å². The largest absolute Gasteiger partial charge is 1.00 e. The fourth-order valence-corrected chi connectivity index (χ4v) is 3.72. The molecule has 8 heteroatoms. The molecule has 0 saturated heterocycles. The maximum Gasteiger partial charge on any atom is 1.00 e. The van der Waals surface area contributed by atoms with Gasteiger partial charge in [-0.05, 0) is 72.9 Å². The van der Waals surface area contributed by atoms with Crippen LogP contribution in [0.4, 0.5) is 13.2 Å². The van der Waals surface area contributed by atoms with Gasteiger partial charge in [-0.3, -0.25) is 0 Å². The van der Waals surface area contributed by atoms with Crippen LogP contribution >= 0.6 is 0 Å². The Kier molecular flexibility index (Phi) is 7.77. The molecule has 0 N–H and O–H groups in total. The van der Waals surface area contributed by atoms with Crippen molar-refractivity contribution in [2.75, 3.05) is 0 Å². The fraction of sp³-hybridized carbons (Fsp3) is 0.167. The van der Waals surface area contributed by atoms with E-state index in [9.17, 15) is 23.1 Å². The standard InChI is InChI=1S/C24H18F3NO3.Na/c25-14-10-11-23(31-13-18-19(26)6-2-7-20(18)27)17(12-14)15-4-1-5-16(15)21-8-3-9-22(28-21)24(29)30;/h2-3,6-12H,1,4-5,13H2,(H,29,30);/q;+1/p-1. The van der Waals surface area contributed by atoms with E-state index in [0.29, 0.717) is 24.1 Å². The van der Waals surface area contributed by atoms with Gasteiger partial charge < -0.3 is 14.6 Å². The molecule has 32 heavy (non-hydrogen) atoms. The summed E-state index contributed by atoms with van der Waals surface area (Å²) in [6, 6.07) is 12.1. The molecule has 4 rings (SSSR count). The van der Waals surface area contributed by atoms with Crippen molar-refractivity contribution in [1.82, 2.24) is 4.98 Å². The van der Waals surface area contributed by atoms with E-state index < -0.39 is 23.4 Å². The van der Waals surface area contributed by atoms with E-state index in [0.717, 1.165) is 29.7 Å². The summed E-state index contributed by atoms with van der Waals surface area (Å²) in [6.07, 6.45) is 1.98. The predicted molar refractivity (Wildman–Crippen MR) is 106 cm³/mol. The van der Waals surface area contributed by atoms with E-state index in [2.05, 4.69) is 4.98 Å². The number of carbonyl (C=O) groups is 1. The molecule has 4 nitrogen and oxygen atoms in total. The number of carboxylic acids is 1. The summed E-state index contributed by atoms with van der Waals surface area (Å²) in [7, 11) is 0. The summed E-state index contributed by atoms with van der Waals surface area (Å²) in [6.45, 7) is -0.363. The topological polar surface area (TPSA) is 62.2 Å².